The van der Waals surface area contributed by atoms with Crippen LogP contribution < -0.4 is 10.6 Å². The fraction of sp³-hybridized carbons (Fsp3) is 0.692. The quantitative estimate of drug-likeness (QED) is 0.597. The average Bonchev–Trinajstić information content (AvgIpc) is 2.93. The summed E-state index contributed by atoms with van der Waals surface area (Å²) in [5, 5.41) is 15.1. The van der Waals surface area contributed by atoms with E-state index in [4.69, 9.17) is 0 Å². The second-order valence-corrected chi connectivity index (χ2v) is 5.20. The van der Waals surface area contributed by atoms with Crippen molar-refractivity contribution in [2.45, 2.75) is 25.3 Å². The lowest BCUT2D eigenvalue weighted by molar-refractivity contribution is -0.144. The summed E-state index contributed by atoms with van der Waals surface area (Å²) in [7, 11) is 0. The first-order chi connectivity index (χ1) is 8.63. The van der Waals surface area contributed by atoms with Gasteiger partial charge in [-0.25, -0.2) is 0 Å². The Morgan fingerprint density at radius 2 is 2.06 bits per heavy atom. The zero-order valence-electron chi connectivity index (χ0n) is 10.4. The minimum atomic E-state index is -0.730. The van der Waals surface area contributed by atoms with Crippen LogP contribution in [0, 0.1) is 17.8 Å². The summed E-state index contributed by atoms with van der Waals surface area (Å²) in [6, 6.07) is -0.0456. The predicted molar refractivity (Wildman–Crippen MR) is 67.0 cm³/mol. The van der Waals surface area contributed by atoms with Crippen LogP contribution in [0.15, 0.2) is 12.7 Å². The lowest BCUT2D eigenvalue weighted by atomic mass is 9.84. The molecular weight excluding hydrogens is 232 g/mol. The van der Waals surface area contributed by atoms with Crippen LogP contribution in [-0.4, -0.2) is 36.1 Å². The Hall–Kier alpha value is -1.36. The molecule has 2 aliphatic rings. The van der Waals surface area contributed by atoms with E-state index in [0.29, 0.717) is 18.4 Å². The van der Waals surface area contributed by atoms with Crippen LogP contribution in [0.2, 0.25) is 0 Å². The van der Waals surface area contributed by atoms with Crippen molar-refractivity contribution in [2.75, 3.05) is 13.1 Å². The van der Waals surface area contributed by atoms with Crippen molar-refractivity contribution in [2.24, 2.45) is 17.8 Å². The lowest BCUT2D eigenvalue weighted by Crippen LogP contribution is -2.47. The Kier molecular flexibility index (Phi) is 4.01. The first-order valence-corrected chi connectivity index (χ1v) is 6.47. The smallest absolute Gasteiger partial charge is 0.308 e. The molecule has 5 heteroatoms. The van der Waals surface area contributed by atoms with E-state index in [1.54, 1.807) is 6.08 Å². The summed E-state index contributed by atoms with van der Waals surface area (Å²) in [6.07, 6.45) is 4.71. The predicted octanol–water partition coefficient (Wildman–Crippen LogP) is 0.377. The molecule has 0 aromatic rings. The van der Waals surface area contributed by atoms with E-state index in [1.807, 2.05) is 0 Å². The topological polar surface area (TPSA) is 78.4 Å². The largest absolute Gasteiger partial charge is 0.481 e. The van der Waals surface area contributed by atoms with Crippen LogP contribution in [0.4, 0.5) is 0 Å². The third-order valence-electron chi connectivity index (χ3n) is 4.14. The van der Waals surface area contributed by atoms with Crippen LogP contribution in [-0.2, 0) is 9.59 Å². The van der Waals surface area contributed by atoms with Gasteiger partial charge in [0, 0.05) is 12.6 Å². The Morgan fingerprint density at radius 1 is 1.33 bits per heavy atom. The van der Waals surface area contributed by atoms with E-state index in [1.165, 1.54) is 0 Å². The molecule has 2 fully saturated rings. The number of carboxylic acid groups (broad SMARTS) is 1. The number of carboxylic acids is 1. The monoisotopic (exact) mass is 252 g/mol. The molecular formula is C13H20N2O3. The molecule has 0 spiro atoms. The van der Waals surface area contributed by atoms with Crippen molar-refractivity contribution in [3.63, 3.8) is 0 Å². The molecule has 2 bridgehead atoms. The van der Waals surface area contributed by atoms with Gasteiger partial charge in [-0.15, -0.1) is 6.58 Å². The van der Waals surface area contributed by atoms with E-state index in [2.05, 4.69) is 17.2 Å². The molecule has 18 heavy (non-hydrogen) atoms. The summed E-state index contributed by atoms with van der Waals surface area (Å²) in [5.41, 5.74) is 0. The molecule has 1 amide bonds. The first-order valence-electron chi connectivity index (χ1n) is 6.47. The number of hydrogen-bond donors (Lipinski definition) is 3. The highest BCUT2D eigenvalue weighted by Crippen LogP contribution is 2.48. The average molecular weight is 252 g/mol. The van der Waals surface area contributed by atoms with Gasteiger partial charge in [-0.2, -0.15) is 0 Å². The molecule has 2 aliphatic carbocycles. The molecule has 2 saturated carbocycles. The maximum Gasteiger partial charge on any atom is 0.308 e. The number of fused-ring (bicyclic) bond motifs is 2. The van der Waals surface area contributed by atoms with Gasteiger partial charge < -0.3 is 15.7 Å². The van der Waals surface area contributed by atoms with Gasteiger partial charge in [-0.3, -0.25) is 9.59 Å². The highest BCUT2D eigenvalue weighted by atomic mass is 16.4. The summed E-state index contributed by atoms with van der Waals surface area (Å²) in [4.78, 5) is 22.7. The van der Waals surface area contributed by atoms with Gasteiger partial charge in [0.1, 0.15) is 0 Å². The van der Waals surface area contributed by atoms with E-state index >= 15 is 0 Å². The van der Waals surface area contributed by atoms with Gasteiger partial charge in [0.15, 0.2) is 0 Å². The van der Waals surface area contributed by atoms with Crippen LogP contribution in [0.25, 0.3) is 0 Å². The van der Waals surface area contributed by atoms with Crippen LogP contribution in [0.5, 0.6) is 0 Å². The van der Waals surface area contributed by atoms with Crippen LogP contribution >= 0.6 is 0 Å². The van der Waals surface area contributed by atoms with Crippen molar-refractivity contribution in [3.8, 4) is 0 Å². The molecule has 4 unspecified atom stereocenters. The third-order valence-corrected chi connectivity index (χ3v) is 4.14. The minimum absolute atomic E-state index is 0.0456. The third kappa shape index (κ3) is 2.56. The number of hydrogen-bond acceptors (Lipinski definition) is 3. The number of amides is 1. The summed E-state index contributed by atoms with van der Waals surface area (Å²) in [5.74, 6) is -0.450. The van der Waals surface area contributed by atoms with E-state index in [-0.39, 0.29) is 24.4 Å². The minimum Gasteiger partial charge on any atom is -0.481 e. The van der Waals surface area contributed by atoms with Crippen molar-refractivity contribution < 1.29 is 14.7 Å². The molecule has 0 aromatic heterocycles. The van der Waals surface area contributed by atoms with Gasteiger partial charge in [0.05, 0.1) is 12.5 Å². The molecule has 4 atom stereocenters. The fourth-order valence-corrected chi connectivity index (χ4v) is 3.40. The summed E-state index contributed by atoms with van der Waals surface area (Å²) < 4.78 is 0. The molecule has 0 aliphatic heterocycles. The van der Waals surface area contributed by atoms with Crippen LogP contribution in [0.1, 0.15) is 19.3 Å². The van der Waals surface area contributed by atoms with Gasteiger partial charge in [0.25, 0.3) is 0 Å². The van der Waals surface area contributed by atoms with Crippen molar-refractivity contribution in [1.29, 1.82) is 0 Å². The van der Waals surface area contributed by atoms with Gasteiger partial charge >= 0.3 is 5.97 Å². The van der Waals surface area contributed by atoms with E-state index < -0.39 is 5.97 Å². The molecule has 0 heterocycles. The molecule has 0 radical (unpaired) electrons. The SMILES string of the molecule is C=CCNC(=O)CNC1C2CCC(C2)C1C(=O)O. The van der Waals surface area contributed by atoms with Crippen molar-refractivity contribution in [3.05, 3.63) is 12.7 Å². The zero-order valence-corrected chi connectivity index (χ0v) is 10.4. The van der Waals surface area contributed by atoms with Gasteiger partial charge in [0.2, 0.25) is 5.91 Å². The Morgan fingerprint density at radius 3 is 2.72 bits per heavy atom. The van der Waals surface area contributed by atoms with E-state index in [0.717, 1.165) is 19.3 Å². The zero-order chi connectivity index (χ0) is 13.1. The number of rotatable bonds is 6. The van der Waals surface area contributed by atoms with Gasteiger partial charge in [-0.1, -0.05) is 6.08 Å². The number of nitrogens with one attached hydrogen (secondary N) is 2. The van der Waals surface area contributed by atoms with Gasteiger partial charge in [-0.05, 0) is 31.1 Å². The maximum atomic E-state index is 11.5. The Balaban J connectivity index is 1.86. The molecule has 5 nitrogen and oxygen atoms in total. The molecule has 100 valence electrons. The van der Waals surface area contributed by atoms with Crippen molar-refractivity contribution >= 4 is 11.9 Å². The molecule has 0 saturated heterocycles. The second kappa shape index (κ2) is 5.52. The second-order valence-electron chi connectivity index (χ2n) is 5.20. The number of carbonyl (C=O) groups excluding carboxylic acids is 1. The first kappa shape index (κ1) is 13.1. The fourth-order valence-electron chi connectivity index (χ4n) is 3.40. The lowest BCUT2D eigenvalue weighted by Gasteiger charge is -2.28. The summed E-state index contributed by atoms with van der Waals surface area (Å²) >= 11 is 0. The summed E-state index contributed by atoms with van der Waals surface area (Å²) in [6.45, 7) is 4.15. The standard InChI is InChI=1S/C13H20N2O3/c1-2-5-14-10(16)7-15-12-9-4-3-8(6-9)11(12)13(17)18/h2,8-9,11-12,15H,1,3-7H2,(H,14,16)(H,17,18). The normalized spacial score (nSPS) is 33.3. The Labute approximate surface area is 107 Å². The van der Waals surface area contributed by atoms with Crippen molar-refractivity contribution in [1.82, 2.24) is 10.6 Å². The molecule has 2 rings (SSSR count). The maximum absolute atomic E-state index is 11.5. The highest BCUT2D eigenvalue weighted by Gasteiger charge is 2.50. The highest BCUT2D eigenvalue weighted by molar-refractivity contribution is 5.78. The number of aliphatic carboxylic acids is 1. The molecule has 0 aromatic carbocycles. The van der Waals surface area contributed by atoms with E-state index in [9.17, 15) is 14.7 Å². The van der Waals surface area contributed by atoms with Crippen LogP contribution in [0.3, 0.4) is 0 Å². The Bertz CT molecular complexity index is 356. The molecule has 3 N–H and O–H groups in total. The number of carbonyl (C=O) groups is 2.